The highest BCUT2D eigenvalue weighted by atomic mass is 35.5. The Morgan fingerprint density at radius 2 is 2.26 bits per heavy atom. The van der Waals surface area contributed by atoms with E-state index in [0.717, 1.165) is 6.07 Å². The first-order chi connectivity index (χ1) is 8.95. The van der Waals surface area contributed by atoms with Crippen LogP contribution in [0.3, 0.4) is 0 Å². The van der Waals surface area contributed by atoms with Gasteiger partial charge in [0.2, 0.25) is 5.17 Å². The van der Waals surface area contributed by atoms with Gasteiger partial charge in [0.1, 0.15) is 0 Å². The zero-order chi connectivity index (χ0) is 14.4. The number of benzene rings is 1. The van der Waals surface area contributed by atoms with E-state index >= 15 is 0 Å². The number of carbonyl (C=O) groups is 1. The Morgan fingerprint density at radius 1 is 1.58 bits per heavy atom. The van der Waals surface area contributed by atoms with Gasteiger partial charge in [0, 0.05) is 12.1 Å². The minimum atomic E-state index is -0.783. The molecule has 0 bridgehead atoms. The van der Waals surface area contributed by atoms with Gasteiger partial charge < -0.3 is 4.74 Å². The lowest BCUT2D eigenvalue weighted by Crippen LogP contribution is -2.13. The molecule has 102 valence electrons. The number of nitro groups is 1. The Morgan fingerprint density at radius 3 is 2.79 bits per heavy atom. The predicted octanol–water partition coefficient (Wildman–Crippen LogP) is 2.78. The molecule has 1 rings (SSSR count). The van der Waals surface area contributed by atoms with E-state index < -0.39 is 16.1 Å². The van der Waals surface area contributed by atoms with E-state index in [1.165, 1.54) is 12.1 Å². The first-order valence-electron chi connectivity index (χ1n) is 5.06. The maximum Gasteiger partial charge on any atom is 0.370 e. The van der Waals surface area contributed by atoms with Crippen molar-refractivity contribution in [1.29, 1.82) is 0 Å². The lowest BCUT2D eigenvalue weighted by molar-refractivity contribution is -0.384. The number of non-ortho nitro benzene ring substituents is 1. The summed E-state index contributed by atoms with van der Waals surface area (Å²) >= 11 is 11.4. The van der Waals surface area contributed by atoms with Crippen molar-refractivity contribution in [3.05, 3.63) is 33.3 Å². The molecule has 19 heavy (non-hydrogen) atoms. The summed E-state index contributed by atoms with van der Waals surface area (Å²) in [6, 6.07) is 3.74. The summed E-state index contributed by atoms with van der Waals surface area (Å²) in [7, 11) is 0. The predicted molar refractivity (Wildman–Crippen MR) is 71.7 cm³/mol. The highest BCUT2D eigenvalue weighted by Crippen LogP contribution is 2.26. The van der Waals surface area contributed by atoms with Crippen LogP contribution in [0, 0.1) is 10.1 Å². The maximum absolute atomic E-state index is 11.1. The van der Waals surface area contributed by atoms with Crippen LogP contribution in [0.15, 0.2) is 23.3 Å². The Bertz CT molecular complexity index is 534. The number of ether oxygens (including phenoxy) is 1. The van der Waals surface area contributed by atoms with Gasteiger partial charge in [0.05, 0.1) is 22.2 Å². The van der Waals surface area contributed by atoms with E-state index in [-0.39, 0.29) is 23.0 Å². The minimum absolute atomic E-state index is 0.0753. The van der Waals surface area contributed by atoms with E-state index in [2.05, 4.69) is 15.3 Å². The summed E-state index contributed by atoms with van der Waals surface area (Å²) in [6.07, 6.45) is 0. The van der Waals surface area contributed by atoms with Gasteiger partial charge in [0.25, 0.3) is 5.69 Å². The van der Waals surface area contributed by atoms with E-state index in [4.69, 9.17) is 23.2 Å². The number of hydrogen-bond donors (Lipinski definition) is 1. The molecule has 0 fully saturated rings. The highest BCUT2D eigenvalue weighted by molar-refractivity contribution is 6.82. The SMILES string of the molecule is CCOC(=O)/C(Cl)=N\Nc1ccc([N+](=O)[O-])cc1Cl. The van der Waals surface area contributed by atoms with Crippen LogP contribution in [0.5, 0.6) is 0 Å². The van der Waals surface area contributed by atoms with Crippen molar-refractivity contribution < 1.29 is 14.5 Å². The van der Waals surface area contributed by atoms with Crippen molar-refractivity contribution in [3.8, 4) is 0 Å². The summed E-state index contributed by atoms with van der Waals surface area (Å²) in [6.45, 7) is 1.80. The molecule has 7 nitrogen and oxygen atoms in total. The Hall–Kier alpha value is -1.86. The Kier molecular flexibility index (Phi) is 5.53. The second-order valence-electron chi connectivity index (χ2n) is 3.16. The first-order valence-corrected chi connectivity index (χ1v) is 5.81. The van der Waals surface area contributed by atoms with E-state index in [1.54, 1.807) is 6.92 Å². The largest absolute Gasteiger partial charge is 0.461 e. The molecule has 0 atom stereocenters. The van der Waals surface area contributed by atoms with Gasteiger partial charge >= 0.3 is 5.97 Å². The van der Waals surface area contributed by atoms with Gasteiger partial charge in [-0.25, -0.2) is 4.79 Å². The number of hydrogen-bond acceptors (Lipinski definition) is 6. The van der Waals surface area contributed by atoms with Gasteiger partial charge in [-0.3, -0.25) is 15.5 Å². The third kappa shape index (κ3) is 4.38. The van der Waals surface area contributed by atoms with Crippen LogP contribution in [0.1, 0.15) is 6.92 Å². The molecule has 0 aliphatic carbocycles. The molecule has 0 aromatic heterocycles. The summed E-state index contributed by atoms with van der Waals surface area (Å²) in [5.74, 6) is -0.783. The van der Waals surface area contributed by atoms with Crippen molar-refractivity contribution in [2.75, 3.05) is 12.0 Å². The smallest absolute Gasteiger partial charge is 0.370 e. The monoisotopic (exact) mass is 305 g/mol. The van der Waals surface area contributed by atoms with Crippen LogP contribution in [0.4, 0.5) is 11.4 Å². The molecular formula is C10H9Cl2N3O4. The minimum Gasteiger partial charge on any atom is -0.461 e. The highest BCUT2D eigenvalue weighted by Gasteiger charge is 2.11. The van der Waals surface area contributed by atoms with E-state index in [0.29, 0.717) is 0 Å². The molecule has 1 aromatic rings. The average Bonchev–Trinajstić information content (AvgIpc) is 2.36. The topological polar surface area (TPSA) is 93.8 Å². The van der Waals surface area contributed by atoms with E-state index in [1.807, 2.05) is 0 Å². The van der Waals surface area contributed by atoms with Crippen molar-refractivity contribution in [2.24, 2.45) is 5.10 Å². The lowest BCUT2D eigenvalue weighted by atomic mass is 10.3. The lowest BCUT2D eigenvalue weighted by Gasteiger charge is -2.04. The Balaban J connectivity index is 2.81. The number of hydrazone groups is 1. The second kappa shape index (κ2) is 6.91. The molecule has 0 radical (unpaired) electrons. The fourth-order valence-corrected chi connectivity index (χ4v) is 1.37. The van der Waals surface area contributed by atoms with E-state index in [9.17, 15) is 14.9 Å². The summed E-state index contributed by atoms with van der Waals surface area (Å²) in [4.78, 5) is 21.1. The number of nitrogens with zero attached hydrogens (tertiary/aromatic N) is 2. The van der Waals surface area contributed by atoms with Gasteiger partial charge in [-0.2, -0.15) is 5.10 Å². The van der Waals surface area contributed by atoms with Gasteiger partial charge in [-0.1, -0.05) is 23.2 Å². The van der Waals surface area contributed by atoms with Gasteiger partial charge in [-0.05, 0) is 13.0 Å². The molecule has 9 heteroatoms. The summed E-state index contributed by atoms with van der Waals surface area (Å²) < 4.78 is 4.61. The fourth-order valence-electron chi connectivity index (χ4n) is 1.05. The van der Waals surface area contributed by atoms with Crippen LogP contribution >= 0.6 is 23.2 Å². The summed E-state index contributed by atoms with van der Waals surface area (Å²) in [5, 5.41) is 13.7. The molecule has 0 heterocycles. The van der Waals surface area contributed by atoms with Crippen molar-refractivity contribution >= 4 is 45.7 Å². The van der Waals surface area contributed by atoms with Crippen molar-refractivity contribution in [2.45, 2.75) is 6.92 Å². The number of carbonyl (C=O) groups excluding carboxylic acids is 1. The van der Waals surface area contributed by atoms with Crippen LogP contribution in [-0.4, -0.2) is 22.7 Å². The molecule has 0 saturated heterocycles. The third-order valence-corrected chi connectivity index (χ3v) is 2.43. The molecule has 0 aliphatic rings. The quantitative estimate of drug-likeness (QED) is 0.391. The number of halogens is 2. The van der Waals surface area contributed by atoms with Crippen molar-refractivity contribution in [1.82, 2.24) is 0 Å². The molecular weight excluding hydrogens is 297 g/mol. The van der Waals surface area contributed by atoms with Gasteiger partial charge in [-0.15, -0.1) is 0 Å². The molecule has 0 spiro atoms. The normalized spacial score (nSPS) is 11.0. The third-order valence-electron chi connectivity index (χ3n) is 1.88. The second-order valence-corrected chi connectivity index (χ2v) is 3.92. The number of nitro benzene ring substituents is 1. The van der Waals surface area contributed by atoms with Crippen LogP contribution in [-0.2, 0) is 9.53 Å². The number of anilines is 1. The van der Waals surface area contributed by atoms with Crippen LogP contribution in [0.25, 0.3) is 0 Å². The van der Waals surface area contributed by atoms with Crippen LogP contribution in [0.2, 0.25) is 5.02 Å². The van der Waals surface area contributed by atoms with Gasteiger partial charge in [0.15, 0.2) is 0 Å². The zero-order valence-corrected chi connectivity index (χ0v) is 11.2. The maximum atomic E-state index is 11.1. The Labute approximate surface area is 118 Å². The summed E-state index contributed by atoms with van der Waals surface area (Å²) in [5.41, 5.74) is 2.54. The molecule has 0 unspecified atom stereocenters. The average molecular weight is 306 g/mol. The van der Waals surface area contributed by atoms with Crippen LogP contribution < -0.4 is 5.43 Å². The molecule has 0 aliphatic heterocycles. The molecule has 0 saturated carbocycles. The standard InChI is InChI=1S/C10H9Cl2N3O4/c1-2-19-10(16)9(12)14-13-8-4-3-6(15(17)18)5-7(8)11/h3-5,13H,2H2,1H3/b14-9+. The van der Waals surface area contributed by atoms with Crippen molar-refractivity contribution in [3.63, 3.8) is 0 Å². The number of nitrogens with one attached hydrogen (secondary N) is 1. The molecule has 1 aromatic carbocycles. The molecule has 0 amide bonds. The first kappa shape index (κ1) is 15.2. The number of esters is 1. The fraction of sp³-hybridized carbons (Fsp3) is 0.200. The number of rotatable bonds is 5. The molecule has 1 N–H and O–H groups in total. The zero-order valence-electron chi connectivity index (χ0n) is 9.72.